The lowest BCUT2D eigenvalue weighted by Crippen LogP contribution is -2.38. The SMILES string of the molecule is CC1(C)CCN(c2cc(Cl)ccc2C(N)=S)CC1. The van der Waals surface area contributed by atoms with Gasteiger partial charge in [-0.3, -0.25) is 0 Å². The molecular weight excluding hydrogens is 264 g/mol. The maximum atomic E-state index is 6.09. The Bertz CT molecular complexity index is 461. The zero-order valence-corrected chi connectivity index (χ0v) is 12.4. The van der Waals surface area contributed by atoms with E-state index in [2.05, 4.69) is 18.7 Å². The highest BCUT2D eigenvalue weighted by Gasteiger charge is 2.26. The minimum Gasteiger partial charge on any atom is -0.389 e. The molecular formula is C14H19ClN2S. The maximum Gasteiger partial charge on any atom is 0.106 e. The van der Waals surface area contributed by atoms with Gasteiger partial charge in [0.15, 0.2) is 0 Å². The van der Waals surface area contributed by atoms with Crippen molar-refractivity contribution in [3.05, 3.63) is 28.8 Å². The highest BCUT2D eigenvalue weighted by molar-refractivity contribution is 7.80. The highest BCUT2D eigenvalue weighted by atomic mass is 35.5. The summed E-state index contributed by atoms with van der Waals surface area (Å²) in [5.41, 5.74) is 8.21. The smallest absolute Gasteiger partial charge is 0.106 e. The molecule has 1 aliphatic rings. The van der Waals surface area contributed by atoms with Gasteiger partial charge >= 0.3 is 0 Å². The Kier molecular flexibility index (Phi) is 3.83. The molecule has 0 amide bonds. The van der Waals surface area contributed by atoms with Gasteiger partial charge in [-0.15, -0.1) is 0 Å². The number of benzene rings is 1. The standard InChI is InChI=1S/C14H19ClN2S/c1-14(2)5-7-17(8-6-14)12-9-10(15)3-4-11(12)13(16)18/h3-4,9H,5-8H2,1-2H3,(H2,16,18). The molecule has 2 N–H and O–H groups in total. The van der Waals surface area contributed by atoms with E-state index in [1.165, 1.54) is 12.8 Å². The van der Waals surface area contributed by atoms with Crippen LogP contribution in [0.15, 0.2) is 18.2 Å². The molecule has 0 aliphatic carbocycles. The van der Waals surface area contributed by atoms with Crippen LogP contribution >= 0.6 is 23.8 Å². The fourth-order valence-electron chi connectivity index (χ4n) is 2.33. The first kappa shape index (κ1) is 13.6. The van der Waals surface area contributed by atoms with Crippen LogP contribution in [0.1, 0.15) is 32.3 Å². The van der Waals surface area contributed by atoms with Crippen molar-refractivity contribution >= 4 is 34.5 Å². The van der Waals surface area contributed by atoms with Crippen LogP contribution in [0.5, 0.6) is 0 Å². The summed E-state index contributed by atoms with van der Waals surface area (Å²) in [6, 6.07) is 5.72. The van der Waals surface area contributed by atoms with Crippen molar-refractivity contribution in [1.29, 1.82) is 0 Å². The molecule has 1 heterocycles. The molecule has 0 saturated carbocycles. The highest BCUT2D eigenvalue weighted by Crippen LogP contribution is 2.34. The van der Waals surface area contributed by atoms with Crippen LogP contribution in [0.4, 0.5) is 5.69 Å². The summed E-state index contributed by atoms with van der Waals surface area (Å²) in [4.78, 5) is 2.78. The van der Waals surface area contributed by atoms with Gasteiger partial charge in [-0.1, -0.05) is 37.7 Å². The van der Waals surface area contributed by atoms with E-state index in [1.54, 1.807) is 0 Å². The number of thiocarbonyl (C=S) groups is 1. The van der Waals surface area contributed by atoms with Gasteiger partial charge < -0.3 is 10.6 Å². The maximum absolute atomic E-state index is 6.09. The number of halogens is 1. The van der Waals surface area contributed by atoms with Crippen LogP contribution in [0.25, 0.3) is 0 Å². The number of nitrogens with zero attached hydrogens (tertiary/aromatic N) is 1. The van der Waals surface area contributed by atoms with E-state index >= 15 is 0 Å². The number of nitrogens with two attached hydrogens (primary N) is 1. The van der Waals surface area contributed by atoms with E-state index in [-0.39, 0.29) is 0 Å². The van der Waals surface area contributed by atoms with E-state index in [1.807, 2.05) is 18.2 Å². The molecule has 2 rings (SSSR count). The molecule has 2 nitrogen and oxygen atoms in total. The summed E-state index contributed by atoms with van der Waals surface area (Å²) in [6.45, 7) is 6.69. The third-order valence-electron chi connectivity index (χ3n) is 3.68. The van der Waals surface area contributed by atoms with Crippen LogP contribution in [0.3, 0.4) is 0 Å². The van der Waals surface area contributed by atoms with E-state index < -0.39 is 0 Å². The molecule has 1 aromatic rings. The number of hydrogen-bond donors (Lipinski definition) is 1. The fraction of sp³-hybridized carbons (Fsp3) is 0.500. The van der Waals surface area contributed by atoms with Crippen molar-refractivity contribution in [2.45, 2.75) is 26.7 Å². The largest absolute Gasteiger partial charge is 0.389 e. The lowest BCUT2D eigenvalue weighted by atomic mass is 9.82. The molecule has 0 unspecified atom stereocenters. The lowest BCUT2D eigenvalue weighted by Gasteiger charge is -2.39. The quantitative estimate of drug-likeness (QED) is 0.841. The van der Waals surface area contributed by atoms with E-state index in [9.17, 15) is 0 Å². The van der Waals surface area contributed by atoms with Crippen LogP contribution in [0.2, 0.25) is 5.02 Å². The third kappa shape index (κ3) is 2.96. The van der Waals surface area contributed by atoms with Gasteiger partial charge in [0.25, 0.3) is 0 Å². The van der Waals surface area contributed by atoms with E-state index in [0.29, 0.717) is 10.4 Å². The van der Waals surface area contributed by atoms with Crippen molar-refractivity contribution in [3.63, 3.8) is 0 Å². The van der Waals surface area contributed by atoms with Crippen molar-refractivity contribution in [2.75, 3.05) is 18.0 Å². The zero-order chi connectivity index (χ0) is 13.3. The van der Waals surface area contributed by atoms with Crippen molar-refractivity contribution in [2.24, 2.45) is 11.1 Å². The molecule has 1 aromatic carbocycles. The lowest BCUT2D eigenvalue weighted by molar-refractivity contribution is 0.280. The topological polar surface area (TPSA) is 29.3 Å². The van der Waals surface area contributed by atoms with Crippen molar-refractivity contribution < 1.29 is 0 Å². The summed E-state index contributed by atoms with van der Waals surface area (Å²) < 4.78 is 0. The Balaban J connectivity index is 2.28. The Morgan fingerprint density at radius 3 is 2.50 bits per heavy atom. The van der Waals surface area contributed by atoms with Crippen LogP contribution < -0.4 is 10.6 Å². The van der Waals surface area contributed by atoms with E-state index in [0.717, 1.165) is 29.4 Å². The Hall–Kier alpha value is -0.800. The normalized spacial score (nSPS) is 18.7. The molecule has 0 bridgehead atoms. The first-order chi connectivity index (χ1) is 8.39. The summed E-state index contributed by atoms with van der Waals surface area (Å²) in [5, 5.41) is 0.731. The predicted molar refractivity (Wildman–Crippen MR) is 82.6 cm³/mol. The van der Waals surface area contributed by atoms with Gasteiger partial charge in [0.05, 0.1) is 0 Å². The fourth-order valence-corrected chi connectivity index (χ4v) is 2.67. The third-order valence-corrected chi connectivity index (χ3v) is 4.14. The average Bonchev–Trinajstić information content (AvgIpc) is 2.28. The molecule has 0 radical (unpaired) electrons. The van der Waals surface area contributed by atoms with Gasteiger partial charge in [-0.05, 0) is 36.5 Å². The minimum absolute atomic E-state index is 0.429. The Morgan fingerprint density at radius 2 is 1.94 bits per heavy atom. The summed E-state index contributed by atoms with van der Waals surface area (Å²) in [5.74, 6) is 0. The molecule has 18 heavy (non-hydrogen) atoms. The second-order valence-electron chi connectivity index (χ2n) is 5.68. The number of anilines is 1. The van der Waals surface area contributed by atoms with Crippen molar-refractivity contribution in [1.82, 2.24) is 0 Å². The average molecular weight is 283 g/mol. The summed E-state index contributed by atoms with van der Waals surface area (Å²) in [6.07, 6.45) is 2.35. The van der Waals surface area contributed by atoms with Gasteiger partial charge in [0.2, 0.25) is 0 Å². The number of hydrogen-bond acceptors (Lipinski definition) is 2. The second kappa shape index (κ2) is 5.06. The second-order valence-corrected chi connectivity index (χ2v) is 6.55. The van der Waals surface area contributed by atoms with Crippen LogP contribution in [-0.4, -0.2) is 18.1 Å². The predicted octanol–water partition coefficient (Wildman–Crippen LogP) is 3.60. The first-order valence-electron chi connectivity index (χ1n) is 6.23. The monoisotopic (exact) mass is 282 g/mol. The first-order valence-corrected chi connectivity index (χ1v) is 7.02. The number of rotatable bonds is 2. The molecule has 1 aliphatic heterocycles. The molecule has 1 saturated heterocycles. The molecule has 98 valence electrons. The summed E-state index contributed by atoms with van der Waals surface area (Å²) in [7, 11) is 0. The molecule has 0 spiro atoms. The van der Waals surface area contributed by atoms with E-state index in [4.69, 9.17) is 29.6 Å². The number of piperidine rings is 1. The molecule has 4 heteroatoms. The van der Waals surface area contributed by atoms with Crippen LogP contribution in [-0.2, 0) is 0 Å². The molecule has 1 fully saturated rings. The Morgan fingerprint density at radius 1 is 1.33 bits per heavy atom. The van der Waals surface area contributed by atoms with Gasteiger partial charge in [0.1, 0.15) is 4.99 Å². The van der Waals surface area contributed by atoms with Gasteiger partial charge in [-0.2, -0.15) is 0 Å². The van der Waals surface area contributed by atoms with Gasteiger partial charge in [-0.25, -0.2) is 0 Å². The van der Waals surface area contributed by atoms with Crippen molar-refractivity contribution in [3.8, 4) is 0 Å². The van der Waals surface area contributed by atoms with Crippen LogP contribution in [0, 0.1) is 5.41 Å². The molecule has 0 aromatic heterocycles. The van der Waals surface area contributed by atoms with Gasteiger partial charge in [0, 0.05) is 29.4 Å². The zero-order valence-electron chi connectivity index (χ0n) is 10.9. The minimum atomic E-state index is 0.429. The molecule has 0 atom stereocenters. The summed E-state index contributed by atoms with van der Waals surface area (Å²) >= 11 is 11.2. The Labute approximate surface area is 119 Å².